The summed E-state index contributed by atoms with van der Waals surface area (Å²) in [5.41, 5.74) is 3.69. The SMILES string of the molecule is O=C1/C(=C/c2ccc(Br)cc2)SC(=S)N1c1ccc(Nc2ccccc2)cc1. The Morgan fingerprint density at radius 1 is 0.893 bits per heavy atom. The highest BCUT2D eigenvalue weighted by molar-refractivity contribution is 9.10. The van der Waals surface area contributed by atoms with Gasteiger partial charge in [-0.2, -0.15) is 0 Å². The standard InChI is InChI=1S/C22H15BrN2OS2/c23-16-8-6-15(7-9-16)14-20-21(26)25(22(27)28-20)19-12-10-18(11-13-19)24-17-4-2-1-3-5-17/h1-14,24H/b20-14-. The fourth-order valence-corrected chi connectivity index (χ4v) is 4.35. The number of hydrogen-bond acceptors (Lipinski definition) is 4. The van der Waals surface area contributed by atoms with Crippen LogP contribution >= 0.6 is 39.9 Å². The number of amides is 1. The van der Waals surface area contributed by atoms with Gasteiger partial charge in [-0.1, -0.05) is 70.2 Å². The highest BCUT2D eigenvalue weighted by Gasteiger charge is 2.33. The number of thioether (sulfide) groups is 1. The molecule has 4 rings (SSSR count). The number of anilines is 3. The van der Waals surface area contributed by atoms with Crippen molar-refractivity contribution in [1.29, 1.82) is 0 Å². The second-order valence-electron chi connectivity index (χ2n) is 6.11. The Morgan fingerprint density at radius 3 is 2.21 bits per heavy atom. The molecule has 0 saturated carbocycles. The molecule has 1 amide bonds. The first-order valence-corrected chi connectivity index (χ1v) is 10.6. The van der Waals surface area contributed by atoms with Crippen LogP contribution in [0.3, 0.4) is 0 Å². The molecule has 3 aromatic carbocycles. The number of thiocarbonyl (C=S) groups is 1. The Balaban J connectivity index is 1.53. The number of nitrogens with zero attached hydrogens (tertiary/aromatic N) is 1. The molecule has 1 fully saturated rings. The molecule has 28 heavy (non-hydrogen) atoms. The molecule has 3 aromatic rings. The van der Waals surface area contributed by atoms with Crippen LogP contribution in [0.25, 0.3) is 6.08 Å². The lowest BCUT2D eigenvalue weighted by Crippen LogP contribution is -2.27. The van der Waals surface area contributed by atoms with E-state index in [0.29, 0.717) is 9.23 Å². The lowest BCUT2D eigenvalue weighted by Gasteiger charge is -2.15. The Morgan fingerprint density at radius 2 is 1.54 bits per heavy atom. The highest BCUT2D eigenvalue weighted by atomic mass is 79.9. The average molecular weight is 467 g/mol. The number of nitrogens with one attached hydrogen (secondary N) is 1. The van der Waals surface area contributed by atoms with E-state index in [0.717, 1.165) is 27.1 Å². The van der Waals surface area contributed by atoms with Crippen molar-refractivity contribution in [3.05, 3.63) is 93.8 Å². The molecule has 0 aliphatic carbocycles. The molecule has 1 N–H and O–H groups in total. The Kier molecular flexibility index (Phi) is 5.62. The van der Waals surface area contributed by atoms with Crippen molar-refractivity contribution in [1.82, 2.24) is 0 Å². The van der Waals surface area contributed by atoms with Gasteiger partial charge >= 0.3 is 0 Å². The fourth-order valence-electron chi connectivity index (χ4n) is 2.78. The Bertz CT molecular complexity index is 1050. The van der Waals surface area contributed by atoms with Gasteiger partial charge in [0.2, 0.25) is 0 Å². The van der Waals surface area contributed by atoms with Crippen LogP contribution in [0.5, 0.6) is 0 Å². The maximum absolute atomic E-state index is 12.9. The monoisotopic (exact) mass is 466 g/mol. The molecule has 1 aliphatic rings. The molecular formula is C22H15BrN2OS2. The minimum atomic E-state index is -0.0957. The summed E-state index contributed by atoms with van der Waals surface area (Å²) in [6, 6.07) is 25.5. The van der Waals surface area contributed by atoms with Gasteiger partial charge in [-0.15, -0.1) is 0 Å². The molecule has 1 aliphatic heterocycles. The van der Waals surface area contributed by atoms with Gasteiger partial charge in [0.05, 0.1) is 10.6 Å². The summed E-state index contributed by atoms with van der Waals surface area (Å²) >= 11 is 10.2. The van der Waals surface area contributed by atoms with E-state index in [1.54, 1.807) is 4.90 Å². The van der Waals surface area contributed by atoms with Crippen molar-refractivity contribution in [2.45, 2.75) is 0 Å². The molecule has 0 radical (unpaired) electrons. The summed E-state index contributed by atoms with van der Waals surface area (Å²) < 4.78 is 1.54. The van der Waals surface area contributed by atoms with Gasteiger partial charge in [0, 0.05) is 15.8 Å². The molecule has 6 heteroatoms. The van der Waals surface area contributed by atoms with E-state index in [2.05, 4.69) is 21.2 Å². The minimum absolute atomic E-state index is 0.0957. The van der Waals surface area contributed by atoms with E-state index in [-0.39, 0.29) is 5.91 Å². The number of benzene rings is 3. The largest absolute Gasteiger partial charge is 0.356 e. The first-order chi connectivity index (χ1) is 13.6. The van der Waals surface area contributed by atoms with Crippen LogP contribution in [0, 0.1) is 0 Å². The second-order valence-corrected chi connectivity index (χ2v) is 8.70. The summed E-state index contributed by atoms with van der Waals surface area (Å²) in [5, 5.41) is 3.33. The van der Waals surface area contributed by atoms with E-state index in [9.17, 15) is 4.79 Å². The molecule has 0 spiro atoms. The number of carbonyl (C=O) groups excluding carboxylic acids is 1. The van der Waals surface area contributed by atoms with Crippen LogP contribution in [0.1, 0.15) is 5.56 Å². The summed E-state index contributed by atoms with van der Waals surface area (Å²) in [6.45, 7) is 0. The number of halogens is 1. The van der Waals surface area contributed by atoms with Gasteiger partial charge in [-0.05, 0) is 60.2 Å². The summed E-state index contributed by atoms with van der Waals surface area (Å²) in [5.74, 6) is -0.0957. The summed E-state index contributed by atoms with van der Waals surface area (Å²) in [7, 11) is 0. The summed E-state index contributed by atoms with van der Waals surface area (Å²) in [4.78, 5) is 15.1. The van der Waals surface area contributed by atoms with Crippen molar-refractivity contribution in [3.63, 3.8) is 0 Å². The minimum Gasteiger partial charge on any atom is -0.356 e. The molecule has 0 atom stereocenters. The quantitative estimate of drug-likeness (QED) is 0.346. The molecule has 138 valence electrons. The van der Waals surface area contributed by atoms with Gasteiger partial charge in [-0.25, -0.2) is 0 Å². The van der Waals surface area contributed by atoms with Crippen LogP contribution in [0.4, 0.5) is 17.1 Å². The maximum Gasteiger partial charge on any atom is 0.270 e. The van der Waals surface area contributed by atoms with Crippen LogP contribution in [-0.2, 0) is 4.79 Å². The van der Waals surface area contributed by atoms with Gasteiger partial charge in [0.25, 0.3) is 5.91 Å². The van der Waals surface area contributed by atoms with E-state index < -0.39 is 0 Å². The molecule has 0 bridgehead atoms. The number of rotatable bonds is 4. The van der Waals surface area contributed by atoms with E-state index in [1.807, 2.05) is 84.9 Å². The fraction of sp³-hybridized carbons (Fsp3) is 0. The topological polar surface area (TPSA) is 32.3 Å². The Labute approximate surface area is 181 Å². The zero-order valence-corrected chi connectivity index (χ0v) is 17.9. The molecule has 1 heterocycles. The molecule has 0 aromatic heterocycles. The molecular weight excluding hydrogens is 452 g/mol. The maximum atomic E-state index is 12.9. The highest BCUT2D eigenvalue weighted by Crippen LogP contribution is 2.36. The number of para-hydroxylation sites is 1. The third-order valence-corrected chi connectivity index (χ3v) is 5.98. The first kappa shape index (κ1) is 18.9. The first-order valence-electron chi connectivity index (χ1n) is 8.56. The van der Waals surface area contributed by atoms with Crippen molar-refractivity contribution >= 4 is 73.3 Å². The molecule has 3 nitrogen and oxygen atoms in total. The van der Waals surface area contributed by atoms with Crippen molar-refractivity contribution in [2.24, 2.45) is 0 Å². The predicted molar refractivity (Wildman–Crippen MR) is 126 cm³/mol. The lowest BCUT2D eigenvalue weighted by atomic mass is 10.2. The third-order valence-electron chi connectivity index (χ3n) is 4.15. The van der Waals surface area contributed by atoms with Gasteiger partial charge < -0.3 is 5.32 Å². The van der Waals surface area contributed by atoms with Crippen LogP contribution in [-0.4, -0.2) is 10.2 Å². The summed E-state index contributed by atoms with van der Waals surface area (Å²) in [6.07, 6.45) is 1.87. The number of carbonyl (C=O) groups is 1. The average Bonchev–Trinajstić information content (AvgIpc) is 2.98. The smallest absolute Gasteiger partial charge is 0.270 e. The van der Waals surface area contributed by atoms with Crippen LogP contribution in [0.2, 0.25) is 0 Å². The predicted octanol–water partition coefficient (Wildman–Crippen LogP) is 6.60. The van der Waals surface area contributed by atoms with Crippen LogP contribution < -0.4 is 10.2 Å². The molecule has 0 unspecified atom stereocenters. The second kappa shape index (κ2) is 8.31. The third kappa shape index (κ3) is 4.19. The van der Waals surface area contributed by atoms with Gasteiger partial charge in [0.15, 0.2) is 4.32 Å². The Hall–Kier alpha value is -2.41. The lowest BCUT2D eigenvalue weighted by molar-refractivity contribution is -0.113. The van der Waals surface area contributed by atoms with Crippen molar-refractivity contribution in [2.75, 3.05) is 10.2 Å². The zero-order chi connectivity index (χ0) is 19.5. The normalized spacial score (nSPS) is 15.3. The van der Waals surface area contributed by atoms with E-state index in [1.165, 1.54) is 11.8 Å². The van der Waals surface area contributed by atoms with Gasteiger partial charge in [0.1, 0.15) is 0 Å². The molecule has 1 saturated heterocycles. The number of hydrogen-bond donors (Lipinski definition) is 1. The zero-order valence-electron chi connectivity index (χ0n) is 14.6. The van der Waals surface area contributed by atoms with Crippen molar-refractivity contribution < 1.29 is 4.79 Å². The van der Waals surface area contributed by atoms with Crippen molar-refractivity contribution in [3.8, 4) is 0 Å². The van der Waals surface area contributed by atoms with Crippen LogP contribution in [0.15, 0.2) is 88.2 Å². The van der Waals surface area contributed by atoms with E-state index in [4.69, 9.17) is 12.2 Å². The van der Waals surface area contributed by atoms with Gasteiger partial charge in [-0.3, -0.25) is 9.69 Å². The van der Waals surface area contributed by atoms with E-state index >= 15 is 0 Å².